The van der Waals surface area contributed by atoms with Gasteiger partial charge in [-0.1, -0.05) is 28.8 Å². The third-order valence-electron chi connectivity index (χ3n) is 2.94. The van der Waals surface area contributed by atoms with Crippen molar-refractivity contribution >= 4 is 29.0 Å². The van der Waals surface area contributed by atoms with Crippen LogP contribution in [0, 0.1) is 24.0 Å². The van der Waals surface area contributed by atoms with Crippen LogP contribution >= 0.6 is 11.6 Å². The summed E-state index contributed by atoms with van der Waals surface area (Å²) in [6.45, 7) is 3.77. The Hall–Kier alpha value is -2.41. The van der Waals surface area contributed by atoms with Crippen LogP contribution in [0.4, 0.5) is 11.5 Å². The maximum Gasteiger partial charge on any atom is 0.362 e. The second-order valence-electron chi connectivity index (χ2n) is 4.19. The molecular formula is C12H11ClN4O3. The van der Waals surface area contributed by atoms with Gasteiger partial charge in [-0.2, -0.15) is 0 Å². The van der Waals surface area contributed by atoms with Crippen molar-refractivity contribution in [2.75, 3.05) is 5.32 Å². The molecule has 8 heteroatoms. The quantitative estimate of drug-likeness (QED) is 0.671. The lowest BCUT2D eigenvalue weighted by Gasteiger charge is -2.08. The number of hydrogen-bond acceptors (Lipinski definition) is 4. The molecule has 1 aromatic heterocycles. The predicted molar refractivity (Wildman–Crippen MR) is 74.1 cm³/mol. The minimum atomic E-state index is -0.732. The Morgan fingerprint density at radius 2 is 2.15 bits per heavy atom. The van der Waals surface area contributed by atoms with Gasteiger partial charge in [0.15, 0.2) is 10.7 Å². The molecule has 20 heavy (non-hydrogen) atoms. The minimum Gasteiger partial charge on any atom is -0.358 e. The standard InChI is InChI=1S/C12H11ClN4O3/c1-6-4-3-5-8(7(6)2)14-12(18)10-9(13)11(16-15-10)17(19)20/h3-5H,1-2H3,(H,14,18)(H,15,16). The number of aryl methyl sites for hydroxylation is 1. The highest BCUT2D eigenvalue weighted by Gasteiger charge is 2.25. The molecule has 1 aromatic carbocycles. The maximum atomic E-state index is 12.0. The number of nitrogens with one attached hydrogen (secondary N) is 2. The summed E-state index contributed by atoms with van der Waals surface area (Å²) < 4.78 is 0. The summed E-state index contributed by atoms with van der Waals surface area (Å²) in [4.78, 5) is 21.9. The highest BCUT2D eigenvalue weighted by molar-refractivity contribution is 6.35. The summed E-state index contributed by atoms with van der Waals surface area (Å²) in [5.41, 5.74) is 2.32. The Bertz CT molecular complexity index is 696. The molecule has 0 spiro atoms. The first-order chi connectivity index (χ1) is 9.41. The fraction of sp³-hybridized carbons (Fsp3) is 0.167. The fourth-order valence-electron chi connectivity index (χ4n) is 1.66. The molecule has 104 valence electrons. The van der Waals surface area contributed by atoms with Crippen LogP contribution < -0.4 is 5.32 Å². The van der Waals surface area contributed by atoms with Crippen molar-refractivity contribution in [3.63, 3.8) is 0 Å². The van der Waals surface area contributed by atoms with Gasteiger partial charge >= 0.3 is 5.82 Å². The van der Waals surface area contributed by atoms with Gasteiger partial charge in [-0.25, -0.2) is 0 Å². The third-order valence-corrected chi connectivity index (χ3v) is 3.30. The van der Waals surface area contributed by atoms with E-state index >= 15 is 0 Å². The minimum absolute atomic E-state index is 0.209. The SMILES string of the molecule is Cc1cccc(NC(=O)c2n[nH]c([N+](=O)[O-])c2Cl)c1C. The Kier molecular flexibility index (Phi) is 3.71. The van der Waals surface area contributed by atoms with E-state index in [4.69, 9.17) is 11.6 Å². The molecule has 7 nitrogen and oxygen atoms in total. The van der Waals surface area contributed by atoms with Crippen molar-refractivity contribution in [2.24, 2.45) is 0 Å². The van der Waals surface area contributed by atoms with Crippen molar-refractivity contribution in [3.05, 3.63) is 50.2 Å². The van der Waals surface area contributed by atoms with Crippen molar-refractivity contribution in [2.45, 2.75) is 13.8 Å². The number of anilines is 1. The van der Waals surface area contributed by atoms with E-state index in [-0.39, 0.29) is 10.7 Å². The molecule has 0 saturated heterocycles. The summed E-state index contributed by atoms with van der Waals surface area (Å²) in [6.07, 6.45) is 0. The lowest BCUT2D eigenvalue weighted by atomic mass is 10.1. The number of benzene rings is 1. The molecule has 1 amide bonds. The van der Waals surface area contributed by atoms with E-state index in [1.807, 2.05) is 19.9 Å². The van der Waals surface area contributed by atoms with Crippen molar-refractivity contribution in [1.29, 1.82) is 0 Å². The molecule has 0 unspecified atom stereocenters. The second kappa shape index (κ2) is 5.30. The molecule has 2 aromatic rings. The van der Waals surface area contributed by atoms with E-state index in [0.29, 0.717) is 5.69 Å². The van der Waals surface area contributed by atoms with Crippen molar-refractivity contribution in [3.8, 4) is 0 Å². The van der Waals surface area contributed by atoms with Crippen LogP contribution in [0.3, 0.4) is 0 Å². The van der Waals surface area contributed by atoms with Gasteiger partial charge in [0.05, 0.1) is 0 Å². The monoisotopic (exact) mass is 294 g/mol. The molecule has 0 radical (unpaired) electrons. The van der Waals surface area contributed by atoms with Crippen LogP contribution in [0.5, 0.6) is 0 Å². The van der Waals surface area contributed by atoms with Gasteiger partial charge in [0, 0.05) is 5.69 Å². The molecule has 0 aliphatic carbocycles. The van der Waals surface area contributed by atoms with Crippen LogP contribution in [0.1, 0.15) is 21.6 Å². The molecule has 0 bridgehead atoms. The van der Waals surface area contributed by atoms with Gasteiger partial charge in [0.1, 0.15) is 0 Å². The normalized spacial score (nSPS) is 10.3. The van der Waals surface area contributed by atoms with Crippen molar-refractivity contribution in [1.82, 2.24) is 10.2 Å². The van der Waals surface area contributed by atoms with E-state index in [1.54, 1.807) is 12.1 Å². The number of rotatable bonds is 3. The molecule has 1 heterocycles. The highest BCUT2D eigenvalue weighted by Crippen LogP contribution is 2.26. The molecule has 0 aliphatic rings. The lowest BCUT2D eigenvalue weighted by molar-refractivity contribution is -0.389. The topological polar surface area (TPSA) is 101 Å². The first-order valence-corrected chi connectivity index (χ1v) is 6.05. The maximum absolute atomic E-state index is 12.0. The fourth-order valence-corrected chi connectivity index (χ4v) is 1.90. The summed E-state index contributed by atoms with van der Waals surface area (Å²) in [7, 11) is 0. The van der Waals surface area contributed by atoms with Gasteiger partial charge in [0.2, 0.25) is 0 Å². The average Bonchev–Trinajstić information content (AvgIpc) is 2.77. The zero-order chi connectivity index (χ0) is 14.9. The van der Waals surface area contributed by atoms with Crippen LogP contribution in [0.25, 0.3) is 0 Å². The van der Waals surface area contributed by atoms with Crippen LogP contribution in [0.15, 0.2) is 18.2 Å². The Labute approximate surface area is 119 Å². The van der Waals surface area contributed by atoms with E-state index < -0.39 is 16.6 Å². The number of hydrogen-bond donors (Lipinski definition) is 2. The number of H-pyrrole nitrogens is 1. The van der Waals surface area contributed by atoms with Gasteiger partial charge in [-0.05, 0) is 36.0 Å². The highest BCUT2D eigenvalue weighted by atomic mass is 35.5. The number of aromatic amines is 1. The lowest BCUT2D eigenvalue weighted by Crippen LogP contribution is -2.14. The largest absolute Gasteiger partial charge is 0.362 e. The molecule has 2 rings (SSSR count). The first kappa shape index (κ1) is 14.0. The number of nitrogens with zero attached hydrogens (tertiary/aromatic N) is 2. The van der Waals surface area contributed by atoms with E-state index in [2.05, 4.69) is 15.5 Å². The smallest absolute Gasteiger partial charge is 0.358 e. The molecule has 0 atom stereocenters. The van der Waals surface area contributed by atoms with Crippen LogP contribution in [-0.2, 0) is 0 Å². The van der Waals surface area contributed by atoms with Gasteiger partial charge in [0.25, 0.3) is 5.91 Å². The number of nitro groups is 1. The van der Waals surface area contributed by atoms with E-state index in [9.17, 15) is 14.9 Å². The predicted octanol–water partition coefficient (Wildman–Crippen LogP) is 2.84. The summed E-state index contributed by atoms with van der Waals surface area (Å²) in [6, 6.07) is 5.44. The molecular weight excluding hydrogens is 284 g/mol. The van der Waals surface area contributed by atoms with Gasteiger partial charge in [-0.15, -0.1) is 5.10 Å². The zero-order valence-corrected chi connectivity index (χ0v) is 11.5. The molecule has 2 N–H and O–H groups in total. The zero-order valence-electron chi connectivity index (χ0n) is 10.7. The molecule has 0 fully saturated rings. The third kappa shape index (κ3) is 2.48. The number of amides is 1. The second-order valence-corrected chi connectivity index (χ2v) is 4.57. The van der Waals surface area contributed by atoms with Gasteiger partial charge < -0.3 is 15.4 Å². The van der Waals surface area contributed by atoms with Crippen LogP contribution in [0.2, 0.25) is 5.02 Å². The summed E-state index contributed by atoms with van der Waals surface area (Å²) in [5, 5.41) is 18.7. The van der Waals surface area contributed by atoms with Crippen molar-refractivity contribution < 1.29 is 9.72 Å². The number of aromatic nitrogens is 2. The Morgan fingerprint density at radius 3 is 2.75 bits per heavy atom. The average molecular weight is 295 g/mol. The van der Waals surface area contributed by atoms with E-state index in [0.717, 1.165) is 11.1 Å². The molecule has 0 aliphatic heterocycles. The van der Waals surface area contributed by atoms with Gasteiger partial charge in [-0.3, -0.25) is 4.79 Å². The summed E-state index contributed by atoms with van der Waals surface area (Å²) in [5.74, 6) is -1.11. The number of carbonyl (C=O) groups is 1. The van der Waals surface area contributed by atoms with E-state index in [1.165, 1.54) is 0 Å². The Balaban J connectivity index is 2.29. The van der Waals surface area contributed by atoms with Crippen LogP contribution in [-0.4, -0.2) is 21.0 Å². The Morgan fingerprint density at radius 1 is 1.45 bits per heavy atom. The number of halogens is 1. The first-order valence-electron chi connectivity index (χ1n) is 5.67. The number of carbonyl (C=O) groups excluding carboxylic acids is 1. The summed E-state index contributed by atoms with van der Waals surface area (Å²) >= 11 is 5.76. The molecule has 0 saturated carbocycles.